The Balaban J connectivity index is 2.96. The van der Waals surface area contributed by atoms with E-state index in [4.69, 9.17) is 16.6 Å². The van der Waals surface area contributed by atoms with Crippen LogP contribution in [0.1, 0.15) is 12.5 Å². The van der Waals surface area contributed by atoms with Gasteiger partial charge in [0.2, 0.25) is 0 Å². The topological polar surface area (TPSA) is 72.3 Å². The lowest BCUT2D eigenvalue weighted by atomic mass is 10.0. The quantitative estimate of drug-likeness (QED) is 0.568. The van der Waals surface area contributed by atoms with E-state index in [1.807, 2.05) is 0 Å². The van der Waals surface area contributed by atoms with Gasteiger partial charge in [-0.25, -0.2) is 0 Å². The van der Waals surface area contributed by atoms with E-state index in [9.17, 15) is 0 Å². The number of anilines is 2. The maximum atomic E-state index is 9.14. The van der Waals surface area contributed by atoms with Gasteiger partial charge in [0, 0.05) is 23.4 Å². The third-order valence-electron chi connectivity index (χ3n) is 1.75. The molecule has 0 heterocycles. The number of aliphatic hydroxyl groups excluding tert-OH is 1. The Morgan fingerprint density at radius 3 is 2.25 bits per heavy atom. The Hall–Kier alpha value is -1.22. The van der Waals surface area contributed by atoms with Crippen molar-refractivity contribution in [3.05, 3.63) is 23.8 Å². The van der Waals surface area contributed by atoms with Crippen LogP contribution in [-0.2, 0) is 6.42 Å². The molecule has 3 nitrogen and oxygen atoms in total. The second-order valence-electron chi connectivity index (χ2n) is 2.97. The van der Waals surface area contributed by atoms with Crippen LogP contribution < -0.4 is 11.5 Å². The van der Waals surface area contributed by atoms with Crippen LogP contribution in [0.25, 0.3) is 0 Å². The number of nitrogens with two attached hydrogens (primary N) is 2. The van der Waals surface area contributed by atoms with Crippen molar-refractivity contribution in [2.75, 3.05) is 11.5 Å². The normalized spacial score (nSPS) is 12.8. The van der Waals surface area contributed by atoms with Crippen LogP contribution in [0.4, 0.5) is 11.4 Å². The number of aliphatic hydroxyl groups is 1. The van der Waals surface area contributed by atoms with Crippen molar-refractivity contribution in [3.63, 3.8) is 0 Å². The molecule has 0 saturated heterocycles. The highest BCUT2D eigenvalue weighted by atomic mass is 16.3. The summed E-state index contributed by atoms with van der Waals surface area (Å²) in [6.45, 7) is 1.71. The maximum absolute atomic E-state index is 9.14. The van der Waals surface area contributed by atoms with E-state index in [0.717, 1.165) is 5.56 Å². The van der Waals surface area contributed by atoms with Gasteiger partial charge in [0.1, 0.15) is 0 Å². The summed E-state index contributed by atoms with van der Waals surface area (Å²) in [5.41, 5.74) is 13.5. The molecule has 1 rings (SSSR count). The predicted molar refractivity (Wildman–Crippen MR) is 50.7 cm³/mol. The first-order chi connectivity index (χ1) is 5.61. The first-order valence-corrected chi connectivity index (χ1v) is 3.92. The van der Waals surface area contributed by atoms with Crippen LogP contribution in [0.3, 0.4) is 0 Å². The molecule has 0 aromatic heterocycles. The van der Waals surface area contributed by atoms with Crippen LogP contribution >= 0.6 is 0 Å². The zero-order chi connectivity index (χ0) is 9.14. The van der Waals surface area contributed by atoms with Crippen LogP contribution in [0.15, 0.2) is 18.2 Å². The van der Waals surface area contributed by atoms with Crippen molar-refractivity contribution in [1.82, 2.24) is 0 Å². The minimum atomic E-state index is -0.406. The van der Waals surface area contributed by atoms with Crippen molar-refractivity contribution in [2.45, 2.75) is 19.4 Å². The molecule has 0 radical (unpaired) electrons. The van der Waals surface area contributed by atoms with Crippen molar-refractivity contribution in [1.29, 1.82) is 0 Å². The summed E-state index contributed by atoms with van der Waals surface area (Å²) in [6, 6.07) is 5.37. The molecule has 1 aromatic rings. The Morgan fingerprint density at radius 2 is 1.83 bits per heavy atom. The fourth-order valence-corrected chi connectivity index (χ4v) is 1.15. The largest absolute Gasteiger partial charge is 0.398 e. The van der Waals surface area contributed by atoms with Crippen molar-refractivity contribution >= 4 is 11.4 Å². The molecular formula is C9H14N2O. The zero-order valence-electron chi connectivity index (χ0n) is 7.12. The average Bonchev–Trinajstić information content (AvgIpc) is 1.97. The molecule has 3 heteroatoms. The summed E-state index contributed by atoms with van der Waals surface area (Å²) < 4.78 is 0. The Labute approximate surface area is 72.0 Å². The number of nitrogen functional groups attached to an aromatic ring is 2. The van der Waals surface area contributed by atoms with Gasteiger partial charge < -0.3 is 16.6 Å². The molecule has 0 amide bonds. The molecular weight excluding hydrogens is 152 g/mol. The summed E-state index contributed by atoms with van der Waals surface area (Å²) in [4.78, 5) is 0. The molecule has 0 bridgehead atoms. The van der Waals surface area contributed by atoms with Crippen LogP contribution in [0.2, 0.25) is 0 Å². The smallest absolute Gasteiger partial charge is 0.0554 e. The van der Waals surface area contributed by atoms with Gasteiger partial charge in [-0.05, 0) is 19.1 Å². The molecule has 1 aromatic carbocycles. The van der Waals surface area contributed by atoms with E-state index in [1.165, 1.54) is 0 Å². The third-order valence-corrected chi connectivity index (χ3v) is 1.75. The second-order valence-corrected chi connectivity index (χ2v) is 2.97. The SMILES string of the molecule is CC(O)Cc1c(N)cccc1N. The highest BCUT2D eigenvalue weighted by Crippen LogP contribution is 2.20. The summed E-state index contributed by atoms with van der Waals surface area (Å²) in [6.07, 6.45) is 0.107. The predicted octanol–water partition coefficient (Wildman–Crippen LogP) is 0.774. The Morgan fingerprint density at radius 1 is 1.33 bits per heavy atom. The minimum absolute atomic E-state index is 0.406. The van der Waals surface area contributed by atoms with E-state index in [0.29, 0.717) is 17.8 Å². The van der Waals surface area contributed by atoms with E-state index >= 15 is 0 Å². The lowest BCUT2D eigenvalue weighted by Gasteiger charge is -2.10. The van der Waals surface area contributed by atoms with Gasteiger partial charge in [-0.1, -0.05) is 6.07 Å². The molecule has 0 aliphatic rings. The number of rotatable bonds is 2. The van der Waals surface area contributed by atoms with E-state index in [1.54, 1.807) is 25.1 Å². The molecule has 66 valence electrons. The first-order valence-electron chi connectivity index (χ1n) is 3.92. The fourth-order valence-electron chi connectivity index (χ4n) is 1.15. The maximum Gasteiger partial charge on any atom is 0.0554 e. The molecule has 0 aliphatic heterocycles. The van der Waals surface area contributed by atoms with Gasteiger partial charge in [-0.3, -0.25) is 0 Å². The molecule has 5 N–H and O–H groups in total. The minimum Gasteiger partial charge on any atom is -0.398 e. The lowest BCUT2D eigenvalue weighted by molar-refractivity contribution is 0.196. The van der Waals surface area contributed by atoms with Crippen molar-refractivity contribution in [3.8, 4) is 0 Å². The third kappa shape index (κ3) is 1.89. The first kappa shape index (κ1) is 8.87. The van der Waals surface area contributed by atoms with Gasteiger partial charge in [0.05, 0.1) is 6.10 Å². The summed E-state index contributed by atoms with van der Waals surface area (Å²) in [5.74, 6) is 0. The number of benzene rings is 1. The molecule has 1 atom stereocenters. The Kier molecular flexibility index (Phi) is 2.55. The summed E-state index contributed by atoms with van der Waals surface area (Å²) in [7, 11) is 0. The standard InChI is InChI=1S/C9H14N2O/c1-6(12)5-7-8(10)3-2-4-9(7)11/h2-4,6,12H,5,10-11H2,1H3. The highest BCUT2D eigenvalue weighted by molar-refractivity contribution is 5.61. The highest BCUT2D eigenvalue weighted by Gasteiger charge is 2.05. The summed E-state index contributed by atoms with van der Waals surface area (Å²) >= 11 is 0. The van der Waals surface area contributed by atoms with Crippen molar-refractivity contribution < 1.29 is 5.11 Å². The molecule has 0 saturated carbocycles. The van der Waals surface area contributed by atoms with E-state index < -0.39 is 6.10 Å². The second kappa shape index (κ2) is 3.45. The molecule has 12 heavy (non-hydrogen) atoms. The molecule has 0 aliphatic carbocycles. The molecule has 1 unspecified atom stereocenters. The zero-order valence-corrected chi connectivity index (χ0v) is 7.12. The fraction of sp³-hybridized carbons (Fsp3) is 0.333. The van der Waals surface area contributed by atoms with Crippen molar-refractivity contribution in [2.24, 2.45) is 0 Å². The van der Waals surface area contributed by atoms with Crippen LogP contribution in [0, 0.1) is 0 Å². The Bertz CT molecular complexity index is 251. The number of hydrogen-bond acceptors (Lipinski definition) is 3. The van der Waals surface area contributed by atoms with Gasteiger partial charge in [-0.2, -0.15) is 0 Å². The van der Waals surface area contributed by atoms with Gasteiger partial charge in [0.15, 0.2) is 0 Å². The summed E-state index contributed by atoms with van der Waals surface area (Å²) in [5, 5.41) is 9.14. The molecule has 0 spiro atoms. The van der Waals surface area contributed by atoms with Gasteiger partial charge in [-0.15, -0.1) is 0 Å². The van der Waals surface area contributed by atoms with Gasteiger partial charge in [0.25, 0.3) is 0 Å². The monoisotopic (exact) mass is 166 g/mol. The van der Waals surface area contributed by atoms with Gasteiger partial charge >= 0.3 is 0 Å². The van der Waals surface area contributed by atoms with E-state index in [-0.39, 0.29) is 0 Å². The average molecular weight is 166 g/mol. The lowest BCUT2D eigenvalue weighted by Crippen LogP contribution is -2.09. The van der Waals surface area contributed by atoms with Crippen LogP contribution in [-0.4, -0.2) is 11.2 Å². The van der Waals surface area contributed by atoms with Crippen LogP contribution in [0.5, 0.6) is 0 Å². The molecule has 0 fully saturated rings. The van der Waals surface area contributed by atoms with E-state index in [2.05, 4.69) is 0 Å². The number of hydrogen-bond donors (Lipinski definition) is 3.